The minimum atomic E-state index is 0. The van der Waals surface area contributed by atoms with Crippen LogP contribution in [-0.4, -0.2) is 17.0 Å². The Balaban J connectivity index is 0.00000192. The summed E-state index contributed by atoms with van der Waals surface area (Å²) < 4.78 is 5.48. The summed E-state index contributed by atoms with van der Waals surface area (Å²) in [6.45, 7) is 0.445. The molecule has 0 saturated heterocycles. The Morgan fingerprint density at radius 1 is 1.35 bits per heavy atom. The molecule has 3 rings (SSSR count). The molecule has 7 heteroatoms. The molecule has 0 unspecified atom stereocenters. The van der Waals surface area contributed by atoms with Gasteiger partial charge >= 0.3 is 0 Å². The van der Waals surface area contributed by atoms with Crippen LogP contribution in [0.25, 0.3) is 10.8 Å². The molecule has 5 nitrogen and oxygen atoms in total. The first kappa shape index (κ1) is 18.3. The smallest absolute Gasteiger partial charge is 0.236 e. The van der Waals surface area contributed by atoms with Crippen molar-refractivity contribution in [1.82, 2.24) is 10.3 Å². The van der Waals surface area contributed by atoms with Crippen LogP contribution in [0.4, 0.5) is 0 Å². The summed E-state index contributed by atoms with van der Waals surface area (Å²) in [6.07, 6.45) is 9.24. The third-order valence-electron chi connectivity index (χ3n) is 3.90. The van der Waals surface area contributed by atoms with Crippen molar-refractivity contribution < 1.29 is 4.42 Å². The van der Waals surface area contributed by atoms with Crippen molar-refractivity contribution >= 4 is 41.3 Å². The highest BCUT2D eigenvalue weighted by atomic mass is 127. The van der Waals surface area contributed by atoms with Crippen LogP contribution in [0.3, 0.4) is 0 Å². The molecule has 0 bridgehead atoms. The summed E-state index contributed by atoms with van der Waals surface area (Å²) in [5.41, 5.74) is 6.79. The summed E-state index contributed by atoms with van der Waals surface area (Å²) in [5.74, 6) is 1.16. The van der Waals surface area contributed by atoms with E-state index in [-0.39, 0.29) is 24.0 Å². The molecule has 2 heterocycles. The van der Waals surface area contributed by atoms with E-state index in [2.05, 4.69) is 15.3 Å². The average Bonchev–Trinajstić information content (AvgIpc) is 3.14. The molecule has 2 aromatic heterocycles. The predicted molar refractivity (Wildman–Crippen MR) is 105 cm³/mol. The normalized spacial score (nSPS) is 16.6. The van der Waals surface area contributed by atoms with E-state index in [0.29, 0.717) is 24.4 Å². The average molecular weight is 446 g/mol. The maximum atomic E-state index is 5.99. The summed E-state index contributed by atoms with van der Waals surface area (Å²) in [5, 5.41) is 5.34. The number of rotatable bonds is 4. The Morgan fingerprint density at radius 2 is 2.13 bits per heavy atom. The minimum Gasteiger partial charge on any atom is -0.443 e. The predicted octanol–water partition coefficient (Wildman–Crippen LogP) is 4.15. The number of aliphatic imine (C=N–C) groups is 1. The lowest BCUT2D eigenvalue weighted by Gasteiger charge is -2.16. The molecular formula is C16H23IN4OS. The van der Waals surface area contributed by atoms with Gasteiger partial charge in [-0.05, 0) is 24.3 Å². The molecule has 0 amide bonds. The Kier molecular flexibility index (Phi) is 7.35. The molecule has 0 radical (unpaired) electrons. The number of guanidine groups is 1. The summed E-state index contributed by atoms with van der Waals surface area (Å²) in [4.78, 5) is 9.85. The monoisotopic (exact) mass is 446 g/mol. The van der Waals surface area contributed by atoms with Gasteiger partial charge in [0, 0.05) is 6.04 Å². The number of aromatic nitrogens is 1. The third-order valence-corrected chi connectivity index (χ3v) is 4.76. The minimum absolute atomic E-state index is 0. The van der Waals surface area contributed by atoms with E-state index < -0.39 is 0 Å². The maximum Gasteiger partial charge on any atom is 0.236 e. The van der Waals surface area contributed by atoms with Gasteiger partial charge in [0.25, 0.3) is 0 Å². The molecule has 2 aromatic rings. The van der Waals surface area contributed by atoms with Crippen LogP contribution >= 0.6 is 35.3 Å². The fraction of sp³-hybridized carbons (Fsp3) is 0.500. The van der Waals surface area contributed by atoms with Gasteiger partial charge in [-0.1, -0.05) is 31.7 Å². The van der Waals surface area contributed by atoms with Gasteiger partial charge in [-0.15, -0.1) is 35.3 Å². The molecule has 1 aliphatic rings. The number of nitrogens with one attached hydrogen (secondary N) is 1. The van der Waals surface area contributed by atoms with Gasteiger partial charge in [0.1, 0.15) is 12.0 Å². The number of nitrogens with two attached hydrogens (primary N) is 1. The highest BCUT2D eigenvalue weighted by Gasteiger charge is 2.12. The van der Waals surface area contributed by atoms with E-state index in [1.165, 1.54) is 38.5 Å². The first-order valence-electron chi connectivity index (χ1n) is 7.86. The number of thiophene rings is 1. The standard InChI is InChI=1S/C16H22N4OS.HI/c17-16(20-12-6-3-1-2-4-7-12)18-10-13-11-21-15(19-13)14-8-5-9-22-14;/h5,8-9,11-12H,1-4,6-7,10H2,(H3,17,18,20);1H. The molecule has 126 valence electrons. The Morgan fingerprint density at radius 3 is 2.83 bits per heavy atom. The van der Waals surface area contributed by atoms with Crippen LogP contribution in [-0.2, 0) is 6.54 Å². The molecule has 0 aliphatic heterocycles. The van der Waals surface area contributed by atoms with E-state index in [4.69, 9.17) is 10.2 Å². The number of hydrogen-bond donors (Lipinski definition) is 2. The highest BCUT2D eigenvalue weighted by molar-refractivity contribution is 14.0. The maximum absolute atomic E-state index is 5.99. The summed E-state index contributed by atoms with van der Waals surface area (Å²) in [7, 11) is 0. The number of nitrogens with zero attached hydrogens (tertiary/aromatic N) is 2. The zero-order valence-electron chi connectivity index (χ0n) is 13.0. The van der Waals surface area contributed by atoms with Crippen LogP contribution < -0.4 is 11.1 Å². The van der Waals surface area contributed by atoms with Crippen molar-refractivity contribution in [2.24, 2.45) is 10.7 Å². The molecule has 23 heavy (non-hydrogen) atoms. The lowest BCUT2D eigenvalue weighted by molar-refractivity contribution is 0.530. The molecule has 0 aromatic carbocycles. The van der Waals surface area contributed by atoms with E-state index in [9.17, 15) is 0 Å². The molecule has 3 N–H and O–H groups in total. The van der Waals surface area contributed by atoms with Crippen LogP contribution in [0, 0.1) is 0 Å². The molecule has 0 atom stereocenters. The number of oxazole rings is 1. The van der Waals surface area contributed by atoms with Gasteiger partial charge < -0.3 is 15.5 Å². The molecule has 1 fully saturated rings. The van der Waals surface area contributed by atoms with Crippen LogP contribution in [0.15, 0.2) is 33.2 Å². The van der Waals surface area contributed by atoms with E-state index >= 15 is 0 Å². The first-order chi connectivity index (χ1) is 10.8. The summed E-state index contributed by atoms with van der Waals surface area (Å²) in [6, 6.07) is 4.44. The topological polar surface area (TPSA) is 76.4 Å². The summed E-state index contributed by atoms with van der Waals surface area (Å²) >= 11 is 1.61. The van der Waals surface area contributed by atoms with Gasteiger partial charge in [-0.2, -0.15) is 0 Å². The zero-order chi connectivity index (χ0) is 15.2. The molecule has 1 aliphatic carbocycles. The second kappa shape index (κ2) is 9.27. The van der Waals surface area contributed by atoms with Crippen molar-refractivity contribution in [3.63, 3.8) is 0 Å². The Labute approximate surface area is 157 Å². The van der Waals surface area contributed by atoms with Crippen molar-refractivity contribution in [2.45, 2.75) is 51.1 Å². The number of halogens is 1. The lowest BCUT2D eigenvalue weighted by Crippen LogP contribution is -2.39. The largest absolute Gasteiger partial charge is 0.443 e. The van der Waals surface area contributed by atoms with Crippen molar-refractivity contribution in [3.05, 3.63) is 29.5 Å². The van der Waals surface area contributed by atoms with E-state index in [1.54, 1.807) is 17.6 Å². The van der Waals surface area contributed by atoms with Gasteiger partial charge in [-0.3, -0.25) is 0 Å². The van der Waals surface area contributed by atoms with Crippen LogP contribution in [0.1, 0.15) is 44.2 Å². The second-order valence-electron chi connectivity index (χ2n) is 5.66. The van der Waals surface area contributed by atoms with Crippen molar-refractivity contribution in [3.8, 4) is 10.8 Å². The van der Waals surface area contributed by atoms with Gasteiger partial charge in [0.05, 0.1) is 11.4 Å². The zero-order valence-corrected chi connectivity index (χ0v) is 16.2. The van der Waals surface area contributed by atoms with Gasteiger partial charge in [0.15, 0.2) is 5.96 Å². The SMILES string of the molecule is I.NC(=NCc1coc(-c2cccs2)n1)NC1CCCCCC1. The molecule has 0 spiro atoms. The quantitative estimate of drug-likeness (QED) is 0.320. The lowest BCUT2D eigenvalue weighted by atomic mass is 10.1. The fourth-order valence-corrected chi connectivity index (χ4v) is 3.39. The van der Waals surface area contributed by atoms with E-state index in [0.717, 1.165) is 10.6 Å². The molecule has 1 saturated carbocycles. The molecular weight excluding hydrogens is 423 g/mol. The van der Waals surface area contributed by atoms with Gasteiger partial charge in [-0.25, -0.2) is 9.98 Å². The third kappa shape index (κ3) is 5.49. The number of hydrogen-bond acceptors (Lipinski definition) is 4. The van der Waals surface area contributed by atoms with Crippen molar-refractivity contribution in [1.29, 1.82) is 0 Å². The van der Waals surface area contributed by atoms with Gasteiger partial charge in [0.2, 0.25) is 5.89 Å². The Bertz CT molecular complexity index is 603. The van der Waals surface area contributed by atoms with E-state index in [1.807, 2.05) is 17.5 Å². The second-order valence-corrected chi connectivity index (χ2v) is 6.60. The highest BCUT2D eigenvalue weighted by Crippen LogP contribution is 2.23. The first-order valence-corrected chi connectivity index (χ1v) is 8.74. The van der Waals surface area contributed by atoms with Crippen LogP contribution in [0.5, 0.6) is 0 Å². The van der Waals surface area contributed by atoms with Crippen LogP contribution in [0.2, 0.25) is 0 Å². The van der Waals surface area contributed by atoms with Crippen molar-refractivity contribution in [2.75, 3.05) is 0 Å². The Hall–Kier alpha value is -1.09. The fourth-order valence-electron chi connectivity index (χ4n) is 2.74.